The summed E-state index contributed by atoms with van der Waals surface area (Å²) < 4.78 is 7.23. The molecule has 0 spiro atoms. The van der Waals surface area contributed by atoms with Crippen LogP contribution in [0, 0.1) is 0 Å². The van der Waals surface area contributed by atoms with E-state index in [-0.39, 0.29) is 0 Å². The maximum Gasteiger partial charge on any atom is 0.143 e. The van der Waals surface area contributed by atoms with Crippen molar-refractivity contribution in [3.8, 4) is 22.3 Å². The maximum atomic E-state index is 6.20. The molecule has 5 rings (SSSR count). The van der Waals surface area contributed by atoms with Crippen LogP contribution in [0.15, 0.2) is 94.1 Å². The van der Waals surface area contributed by atoms with Crippen LogP contribution in [0.5, 0.6) is 0 Å². The van der Waals surface area contributed by atoms with E-state index in [4.69, 9.17) is 4.42 Å². The summed E-state index contributed by atoms with van der Waals surface area (Å²) in [5.41, 5.74) is 6.25. The van der Waals surface area contributed by atoms with Crippen molar-refractivity contribution in [2.45, 2.75) is 0 Å². The third kappa shape index (κ3) is 2.52. The van der Waals surface area contributed by atoms with Gasteiger partial charge in [-0.05, 0) is 41.5 Å². The van der Waals surface area contributed by atoms with Gasteiger partial charge in [0.25, 0.3) is 0 Å². The Morgan fingerprint density at radius 1 is 0.731 bits per heavy atom. The number of fused-ring (bicyclic) bond motifs is 3. The van der Waals surface area contributed by atoms with Gasteiger partial charge >= 0.3 is 0 Å². The van der Waals surface area contributed by atoms with E-state index in [9.17, 15) is 0 Å². The van der Waals surface area contributed by atoms with Crippen LogP contribution in [0.1, 0.15) is 0 Å². The second-order valence-corrected chi connectivity index (χ2v) is 7.17. The largest absolute Gasteiger partial charge is 0.455 e. The average molecular weight is 400 g/mol. The normalized spacial score (nSPS) is 11.3. The summed E-state index contributed by atoms with van der Waals surface area (Å²) in [4.78, 5) is 4.24. The van der Waals surface area contributed by atoms with E-state index in [1.54, 1.807) is 6.20 Å². The molecule has 2 heterocycles. The zero-order valence-corrected chi connectivity index (χ0v) is 15.4. The average Bonchev–Trinajstić information content (AvgIpc) is 3.07. The number of rotatable bonds is 2. The standard InChI is InChI=1S/C23H14BrNO/c24-18-12-16(15-5-4-10-25-14-15)11-17(13-18)19-7-3-8-21-20-6-1-2-9-22(20)26-23(19)21/h1-14H. The van der Waals surface area contributed by atoms with Crippen LogP contribution in [0.4, 0.5) is 0 Å². The van der Waals surface area contributed by atoms with Gasteiger partial charge in [0.05, 0.1) is 0 Å². The zero-order chi connectivity index (χ0) is 17.5. The summed E-state index contributed by atoms with van der Waals surface area (Å²) in [6.45, 7) is 0. The Labute approximate surface area is 159 Å². The highest BCUT2D eigenvalue weighted by molar-refractivity contribution is 9.10. The van der Waals surface area contributed by atoms with E-state index >= 15 is 0 Å². The summed E-state index contributed by atoms with van der Waals surface area (Å²) in [6, 6.07) is 24.9. The molecule has 0 saturated heterocycles. The molecule has 0 aliphatic heterocycles. The van der Waals surface area contributed by atoms with Gasteiger partial charge in [0.1, 0.15) is 11.2 Å². The van der Waals surface area contributed by atoms with E-state index in [0.717, 1.165) is 48.7 Å². The van der Waals surface area contributed by atoms with Gasteiger partial charge in [-0.1, -0.05) is 58.4 Å². The molecule has 26 heavy (non-hydrogen) atoms. The molecule has 0 amide bonds. The van der Waals surface area contributed by atoms with Gasteiger partial charge in [-0.25, -0.2) is 0 Å². The Balaban J connectivity index is 1.77. The predicted molar refractivity (Wildman–Crippen MR) is 110 cm³/mol. The lowest BCUT2D eigenvalue weighted by atomic mass is 9.98. The van der Waals surface area contributed by atoms with Gasteiger partial charge in [-0.2, -0.15) is 0 Å². The molecule has 2 nitrogen and oxygen atoms in total. The highest BCUT2D eigenvalue weighted by atomic mass is 79.9. The minimum atomic E-state index is 0.914. The predicted octanol–water partition coefficient (Wildman–Crippen LogP) is 7.08. The summed E-state index contributed by atoms with van der Waals surface area (Å²) >= 11 is 3.66. The zero-order valence-electron chi connectivity index (χ0n) is 13.8. The van der Waals surface area contributed by atoms with Crippen molar-refractivity contribution < 1.29 is 4.42 Å². The molecule has 0 N–H and O–H groups in total. The van der Waals surface area contributed by atoms with Crippen molar-refractivity contribution in [1.29, 1.82) is 0 Å². The Kier molecular flexibility index (Phi) is 3.61. The van der Waals surface area contributed by atoms with Crippen molar-refractivity contribution in [2.24, 2.45) is 0 Å². The number of pyridine rings is 1. The SMILES string of the molecule is Brc1cc(-c2cccnc2)cc(-c2cccc3c2oc2ccccc23)c1. The number of halogens is 1. The minimum absolute atomic E-state index is 0.914. The van der Waals surface area contributed by atoms with E-state index in [1.807, 2.05) is 30.5 Å². The van der Waals surface area contributed by atoms with Crippen LogP contribution in [-0.4, -0.2) is 4.98 Å². The first-order chi connectivity index (χ1) is 12.8. The van der Waals surface area contributed by atoms with Crippen LogP contribution < -0.4 is 0 Å². The lowest BCUT2D eigenvalue weighted by Crippen LogP contribution is -1.84. The molecule has 3 aromatic carbocycles. The molecule has 0 radical (unpaired) electrons. The molecule has 124 valence electrons. The summed E-state index contributed by atoms with van der Waals surface area (Å²) in [5.74, 6) is 0. The number of nitrogens with zero attached hydrogens (tertiary/aromatic N) is 1. The molecule has 0 unspecified atom stereocenters. The van der Waals surface area contributed by atoms with Crippen molar-refractivity contribution in [3.05, 3.63) is 89.7 Å². The Morgan fingerprint density at radius 3 is 2.46 bits per heavy atom. The topological polar surface area (TPSA) is 26.0 Å². The van der Waals surface area contributed by atoms with Crippen LogP contribution >= 0.6 is 15.9 Å². The highest BCUT2D eigenvalue weighted by Crippen LogP contribution is 2.38. The number of hydrogen-bond donors (Lipinski definition) is 0. The lowest BCUT2D eigenvalue weighted by molar-refractivity contribution is 0.670. The molecule has 0 bridgehead atoms. The fourth-order valence-electron chi connectivity index (χ4n) is 3.42. The van der Waals surface area contributed by atoms with Gasteiger partial charge in [0.15, 0.2) is 0 Å². The minimum Gasteiger partial charge on any atom is -0.455 e. The monoisotopic (exact) mass is 399 g/mol. The molecule has 0 saturated carbocycles. The van der Waals surface area contributed by atoms with Gasteiger partial charge in [0.2, 0.25) is 0 Å². The third-order valence-electron chi connectivity index (χ3n) is 4.61. The van der Waals surface area contributed by atoms with E-state index in [1.165, 1.54) is 0 Å². The van der Waals surface area contributed by atoms with Crippen molar-refractivity contribution in [2.75, 3.05) is 0 Å². The molecule has 0 aliphatic rings. The Bertz CT molecular complexity index is 1240. The van der Waals surface area contributed by atoms with Crippen LogP contribution in [0.2, 0.25) is 0 Å². The Morgan fingerprint density at radius 2 is 1.58 bits per heavy atom. The molecule has 0 fully saturated rings. The van der Waals surface area contributed by atoms with Crippen LogP contribution in [0.25, 0.3) is 44.2 Å². The fraction of sp³-hybridized carbons (Fsp3) is 0. The number of benzene rings is 3. The molecule has 3 heteroatoms. The highest BCUT2D eigenvalue weighted by Gasteiger charge is 2.13. The molecule has 0 atom stereocenters. The first kappa shape index (κ1) is 15.4. The number of furan rings is 1. The first-order valence-electron chi connectivity index (χ1n) is 8.41. The first-order valence-corrected chi connectivity index (χ1v) is 9.20. The summed E-state index contributed by atoms with van der Waals surface area (Å²) in [6.07, 6.45) is 3.67. The van der Waals surface area contributed by atoms with Crippen molar-refractivity contribution in [1.82, 2.24) is 4.98 Å². The maximum absolute atomic E-state index is 6.20. The van der Waals surface area contributed by atoms with Crippen molar-refractivity contribution >= 4 is 37.9 Å². The van der Waals surface area contributed by atoms with Gasteiger partial charge < -0.3 is 4.42 Å². The number of hydrogen-bond acceptors (Lipinski definition) is 2. The van der Waals surface area contributed by atoms with Crippen LogP contribution in [-0.2, 0) is 0 Å². The molecule has 2 aromatic heterocycles. The molecule has 5 aromatic rings. The molecule has 0 aliphatic carbocycles. The fourth-order valence-corrected chi connectivity index (χ4v) is 3.91. The Hall–Kier alpha value is -2.91. The van der Waals surface area contributed by atoms with E-state index < -0.39 is 0 Å². The lowest BCUT2D eigenvalue weighted by Gasteiger charge is -2.08. The van der Waals surface area contributed by atoms with E-state index in [2.05, 4.69) is 69.4 Å². The smallest absolute Gasteiger partial charge is 0.143 e. The second-order valence-electron chi connectivity index (χ2n) is 6.25. The number of aromatic nitrogens is 1. The van der Waals surface area contributed by atoms with Gasteiger partial charge in [-0.15, -0.1) is 0 Å². The second kappa shape index (κ2) is 6.11. The molecular formula is C23H14BrNO. The quantitative estimate of drug-likeness (QED) is 0.317. The van der Waals surface area contributed by atoms with Gasteiger partial charge in [0, 0.05) is 38.8 Å². The summed E-state index contributed by atoms with van der Waals surface area (Å²) in [7, 11) is 0. The van der Waals surface area contributed by atoms with Gasteiger partial charge in [-0.3, -0.25) is 4.98 Å². The summed E-state index contributed by atoms with van der Waals surface area (Å²) in [5, 5.41) is 2.29. The van der Waals surface area contributed by atoms with Crippen molar-refractivity contribution in [3.63, 3.8) is 0 Å². The molecular weight excluding hydrogens is 386 g/mol. The van der Waals surface area contributed by atoms with Crippen LogP contribution in [0.3, 0.4) is 0 Å². The van der Waals surface area contributed by atoms with E-state index in [0.29, 0.717) is 0 Å². The number of para-hydroxylation sites is 2. The third-order valence-corrected chi connectivity index (χ3v) is 5.07.